The Labute approximate surface area is 269 Å². The van der Waals surface area contributed by atoms with Gasteiger partial charge in [-0.15, -0.1) is 0 Å². The lowest BCUT2D eigenvalue weighted by atomic mass is 9.97. The van der Waals surface area contributed by atoms with Crippen molar-refractivity contribution in [3.63, 3.8) is 0 Å². The standard InChI is InChI=1S/C40H47ClO3/c1-4-6-8-10-11-30(3)43-37-24-26-38(27-25-37)44-40(42)28-23-35-21-22-36(29-39(35)41)34-19-17-33(18-20-34)32-15-13-31(14-16-32)12-9-7-5-2/h13-22,24-27,29-30H,4-12,23,28H2,1-3H3. The molecule has 0 heterocycles. The highest BCUT2D eigenvalue weighted by molar-refractivity contribution is 6.31. The molecule has 1 atom stereocenters. The van der Waals surface area contributed by atoms with Crippen LogP contribution in [-0.4, -0.2) is 12.1 Å². The third kappa shape index (κ3) is 10.6. The largest absolute Gasteiger partial charge is 0.491 e. The van der Waals surface area contributed by atoms with Crippen LogP contribution in [-0.2, 0) is 17.6 Å². The Hall–Kier alpha value is -3.56. The van der Waals surface area contributed by atoms with Crippen LogP contribution in [0.1, 0.15) is 89.7 Å². The number of unbranched alkanes of at least 4 members (excludes halogenated alkanes) is 5. The Morgan fingerprint density at radius 1 is 0.659 bits per heavy atom. The first-order chi connectivity index (χ1) is 21.4. The molecule has 0 saturated carbocycles. The molecule has 44 heavy (non-hydrogen) atoms. The summed E-state index contributed by atoms with van der Waals surface area (Å²) in [6, 6.07) is 30.9. The molecule has 0 amide bonds. The predicted octanol–water partition coefficient (Wildman–Crippen LogP) is 11.7. The van der Waals surface area contributed by atoms with E-state index in [4.69, 9.17) is 21.1 Å². The van der Waals surface area contributed by atoms with Crippen molar-refractivity contribution in [2.75, 3.05) is 0 Å². The van der Waals surface area contributed by atoms with E-state index in [2.05, 4.69) is 75.4 Å². The number of aryl methyl sites for hydroxylation is 2. The highest BCUT2D eigenvalue weighted by atomic mass is 35.5. The van der Waals surface area contributed by atoms with E-state index in [0.29, 0.717) is 17.2 Å². The van der Waals surface area contributed by atoms with Crippen LogP contribution in [0, 0.1) is 0 Å². The lowest BCUT2D eigenvalue weighted by molar-refractivity contribution is -0.134. The normalized spacial score (nSPS) is 11.7. The Balaban J connectivity index is 1.25. The van der Waals surface area contributed by atoms with Gasteiger partial charge in [-0.05, 0) is 103 Å². The Kier molecular flexibility index (Phi) is 13.4. The summed E-state index contributed by atoms with van der Waals surface area (Å²) in [5.41, 5.74) is 6.92. The summed E-state index contributed by atoms with van der Waals surface area (Å²) in [4.78, 5) is 12.5. The lowest BCUT2D eigenvalue weighted by Gasteiger charge is -2.15. The fourth-order valence-electron chi connectivity index (χ4n) is 5.38. The summed E-state index contributed by atoms with van der Waals surface area (Å²) in [5, 5.41) is 0.656. The van der Waals surface area contributed by atoms with Crippen LogP contribution in [0.4, 0.5) is 0 Å². The minimum atomic E-state index is -0.285. The quantitative estimate of drug-likeness (QED) is 0.0677. The molecule has 4 rings (SSSR count). The van der Waals surface area contributed by atoms with Gasteiger partial charge in [0, 0.05) is 5.02 Å². The van der Waals surface area contributed by atoms with Gasteiger partial charge in [-0.25, -0.2) is 0 Å². The van der Waals surface area contributed by atoms with Gasteiger partial charge >= 0.3 is 5.97 Å². The minimum Gasteiger partial charge on any atom is -0.491 e. The molecule has 4 heteroatoms. The van der Waals surface area contributed by atoms with Crippen LogP contribution >= 0.6 is 11.6 Å². The SMILES string of the molecule is CCCCCCC(C)Oc1ccc(OC(=O)CCc2ccc(-c3ccc(-c4ccc(CCCCC)cc4)cc3)cc2Cl)cc1. The number of rotatable bonds is 17. The molecule has 0 aromatic heterocycles. The van der Waals surface area contributed by atoms with Gasteiger partial charge in [0.15, 0.2) is 0 Å². The molecule has 4 aromatic rings. The van der Waals surface area contributed by atoms with E-state index in [9.17, 15) is 4.79 Å². The zero-order chi connectivity index (χ0) is 31.1. The maximum atomic E-state index is 12.5. The number of benzene rings is 4. The van der Waals surface area contributed by atoms with E-state index in [1.165, 1.54) is 61.6 Å². The zero-order valence-corrected chi connectivity index (χ0v) is 27.4. The maximum absolute atomic E-state index is 12.5. The van der Waals surface area contributed by atoms with Gasteiger partial charge in [0.25, 0.3) is 0 Å². The van der Waals surface area contributed by atoms with Gasteiger partial charge in [-0.1, -0.05) is 118 Å². The summed E-state index contributed by atoms with van der Waals surface area (Å²) in [6.07, 6.45) is 11.8. The van der Waals surface area contributed by atoms with Crippen molar-refractivity contribution in [1.29, 1.82) is 0 Å². The number of esters is 1. The molecule has 0 aliphatic carbocycles. The molecule has 232 valence electrons. The highest BCUT2D eigenvalue weighted by Crippen LogP contribution is 2.29. The van der Waals surface area contributed by atoms with Crippen molar-refractivity contribution in [2.24, 2.45) is 0 Å². The summed E-state index contributed by atoms with van der Waals surface area (Å²) >= 11 is 6.65. The van der Waals surface area contributed by atoms with Gasteiger partial charge in [0.05, 0.1) is 12.5 Å². The number of carbonyl (C=O) groups excluding carboxylic acids is 1. The molecule has 4 aromatic carbocycles. The molecule has 0 N–H and O–H groups in total. The van der Waals surface area contributed by atoms with Crippen LogP contribution < -0.4 is 9.47 Å². The van der Waals surface area contributed by atoms with Crippen molar-refractivity contribution in [3.05, 3.63) is 107 Å². The molecule has 0 fully saturated rings. The van der Waals surface area contributed by atoms with Crippen LogP contribution in [0.2, 0.25) is 5.02 Å². The molecular formula is C40H47ClO3. The third-order valence-electron chi connectivity index (χ3n) is 8.08. The van der Waals surface area contributed by atoms with Gasteiger partial charge in [-0.3, -0.25) is 4.79 Å². The molecule has 1 unspecified atom stereocenters. The van der Waals surface area contributed by atoms with Gasteiger partial charge in [0.2, 0.25) is 0 Å². The van der Waals surface area contributed by atoms with E-state index < -0.39 is 0 Å². The third-order valence-corrected chi connectivity index (χ3v) is 8.43. The van der Waals surface area contributed by atoms with Crippen LogP contribution in [0.3, 0.4) is 0 Å². The number of ether oxygens (including phenoxy) is 2. The van der Waals surface area contributed by atoms with Crippen LogP contribution in [0.15, 0.2) is 91.0 Å². The smallest absolute Gasteiger partial charge is 0.311 e. The summed E-state index contributed by atoms with van der Waals surface area (Å²) in [5.74, 6) is 1.03. The molecule has 0 saturated heterocycles. The minimum absolute atomic E-state index is 0.165. The van der Waals surface area contributed by atoms with Crippen molar-refractivity contribution in [3.8, 4) is 33.8 Å². The van der Waals surface area contributed by atoms with Gasteiger partial charge in [0.1, 0.15) is 11.5 Å². The molecule has 0 radical (unpaired) electrons. The van der Waals surface area contributed by atoms with Crippen molar-refractivity contribution in [1.82, 2.24) is 0 Å². The van der Waals surface area contributed by atoms with E-state index in [1.54, 1.807) is 12.1 Å². The molecule has 0 bridgehead atoms. The van der Waals surface area contributed by atoms with E-state index in [0.717, 1.165) is 35.3 Å². The number of hydrogen-bond donors (Lipinski definition) is 0. The number of carbonyl (C=O) groups is 1. The van der Waals surface area contributed by atoms with Crippen molar-refractivity contribution >= 4 is 17.6 Å². The average molecular weight is 611 g/mol. The summed E-state index contributed by atoms with van der Waals surface area (Å²) in [7, 11) is 0. The first-order valence-corrected chi connectivity index (χ1v) is 16.8. The second-order valence-corrected chi connectivity index (χ2v) is 12.2. The lowest BCUT2D eigenvalue weighted by Crippen LogP contribution is -2.12. The van der Waals surface area contributed by atoms with Crippen LogP contribution in [0.5, 0.6) is 11.5 Å². The molecule has 0 aliphatic heterocycles. The Morgan fingerprint density at radius 2 is 1.23 bits per heavy atom. The second-order valence-electron chi connectivity index (χ2n) is 11.8. The summed E-state index contributed by atoms with van der Waals surface area (Å²) < 4.78 is 11.6. The molecule has 0 spiro atoms. The maximum Gasteiger partial charge on any atom is 0.311 e. The predicted molar refractivity (Wildman–Crippen MR) is 185 cm³/mol. The van der Waals surface area contributed by atoms with Crippen LogP contribution in [0.25, 0.3) is 22.3 Å². The van der Waals surface area contributed by atoms with E-state index in [1.807, 2.05) is 24.3 Å². The fourth-order valence-corrected chi connectivity index (χ4v) is 5.66. The monoisotopic (exact) mass is 610 g/mol. The zero-order valence-electron chi connectivity index (χ0n) is 26.6. The highest BCUT2D eigenvalue weighted by Gasteiger charge is 2.11. The first-order valence-electron chi connectivity index (χ1n) is 16.4. The fraction of sp³-hybridized carbons (Fsp3) is 0.375. The number of halogens is 1. The van der Waals surface area contributed by atoms with E-state index in [-0.39, 0.29) is 18.5 Å². The molecule has 3 nitrogen and oxygen atoms in total. The summed E-state index contributed by atoms with van der Waals surface area (Å²) in [6.45, 7) is 6.56. The average Bonchev–Trinajstić information content (AvgIpc) is 3.04. The molecular weight excluding hydrogens is 564 g/mol. The van der Waals surface area contributed by atoms with Crippen molar-refractivity contribution in [2.45, 2.75) is 97.5 Å². The van der Waals surface area contributed by atoms with Gasteiger partial charge in [-0.2, -0.15) is 0 Å². The molecule has 0 aliphatic rings. The van der Waals surface area contributed by atoms with Crippen molar-refractivity contribution < 1.29 is 14.3 Å². The topological polar surface area (TPSA) is 35.5 Å². The van der Waals surface area contributed by atoms with E-state index >= 15 is 0 Å². The van der Waals surface area contributed by atoms with Gasteiger partial charge < -0.3 is 9.47 Å². The first kappa shape index (κ1) is 33.3. The second kappa shape index (κ2) is 17.7. The number of hydrogen-bond acceptors (Lipinski definition) is 3. The Bertz CT molecular complexity index is 1430. The Morgan fingerprint density at radius 3 is 1.86 bits per heavy atom.